The van der Waals surface area contributed by atoms with Crippen molar-refractivity contribution in [1.29, 1.82) is 0 Å². The number of fused-ring (bicyclic) bond motifs is 1. The van der Waals surface area contributed by atoms with Gasteiger partial charge in [0.2, 0.25) is 17.1 Å². The molecule has 1 aliphatic rings. The topological polar surface area (TPSA) is 187 Å². The van der Waals surface area contributed by atoms with Crippen LogP contribution in [0, 0.1) is 10.1 Å². The van der Waals surface area contributed by atoms with Crippen molar-refractivity contribution in [3.05, 3.63) is 75.1 Å². The lowest BCUT2D eigenvalue weighted by atomic mass is 10.2. The van der Waals surface area contributed by atoms with Gasteiger partial charge in [0.15, 0.2) is 5.11 Å². The number of nitro benzene ring substituents is 1. The predicted octanol–water partition coefficient (Wildman–Crippen LogP) is 3.73. The number of ether oxygens (including phenoxy) is 1. The third-order valence-electron chi connectivity index (χ3n) is 5.89. The second kappa shape index (κ2) is 11.9. The molecule has 15 nitrogen and oxygen atoms in total. The molecule has 212 valence electrons. The van der Waals surface area contributed by atoms with E-state index in [0.29, 0.717) is 48.9 Å². The van der Waals surface area contributed by atoms with Crippen LogP contribution in [0.4, 0.5) is 23.3 Å². The van der Waals surface area contributed by atoms with Crippen molar-refractivity contribution in [1.82, 2.24) is 25.1 Å². The number of nitrogens with one attached hydrogen (secondary N) is 2. The molecule has 17 heteroatoms. The first-order valence-electron chi connectivity index (χ1n) is 12.4. The van der Waals surface area contributed by atoms with E-state index < -0.39 is 10.5 Å². The fraction of sp³-hybridized carbons (Fsp3) is 0.160. The molecule has 3 aromatic heterocycles. The minimum atomic E-state index is -0.611. The Hall–Kier alpha value is -5.00. The second-order valence-electron chi connectivity index (χ2n) is 8.69. The number of para-hydroxylation sites is 1. The summed E-state index contributed by atoms with van der Waals surface area (Å²) < 4.78 is 16.6. The summed E-state index contributed by atoms with van der Waals surface area (Å²) in [5.41, 5.74) is 0.281. The Kier molecular flexibility index (Phi) is 7.67. The van der Waals surface area contributed by atoms with Crippen molar-refractivity contribution in [3.63, 3.8) is 0 Å². The standard InChI is InChI=1S/C25H19N9O6S2/c35-20-17(12-14-4-1-2-7-18(14)39-20)19-31-32-25(40-19)42-24-29-21(27-22(30-24)33-8-10-38-11-9-33)28-23(41)26-15-5-3-6-16(13-15)34(36)37/h1-7,12-13H,8-11H2,(H2,26,27,28,29,30,41). The molecule has 0 amide bonds. The first kappa shape index (κ1) is 27.2. The van der Waals surface area contributed by atoms with Crippen LogP contribution in [0.2, 0.25) is 0 Å². The van der Waals surface area contributed by atoms with E-state index in [-0.39, 0.29) is 38.6 Å². The van der Waals surface area contributed by atoms with Crippen LogP contribution in [0.15, 0.2) is 78.6 Å². The van der Waals surface area contributed by atoms with E-state index in [2.05, 4.69) is 35.8 Å². The Labute approximate surface area is 245 Å². The van der Waals surface area contributed by atoms with Gasteiger partial charge in [0.25, 0.3) is 16.8 Å². The highest BCUT2D eigenvalue weighted by Gasteiger charge is 2.21. The SMILES string of the molecule is O=c1oc2ccccc2cc1-c1nnc(Sc2nc(NC(=S)Nc3cccc([N+](=O)[O-])c3)nc(N3CCOCC3)n2)o1. The highest BCUT2D eigenvalue weighted by Crippen LogP contribution is 2.29. The first-order valence-corrected chi connectivity index (χ1v) is 13.6. The molecular weight excluding hydrogens is 586 g/mol. The van der Waals surface area contributed by atoms with Gasteiger partial charge in [-0.15, -0.1) is 10.2 Å². The zero-order valence-corrected chi connectivity index (χ0v) is 23.1. The van der Waals surface area contributed by atoms with Crippen molar-refractivity contribution in [3.8, 4) is 11.5 Å². The minimum absolute atomic E-state index is 0.0138. The molecule has 0 spiro atoms. The largest absolute Gasteiger partial charge is 0.422 e. The van der Waals surface area contributed by atoms with E-state index in [1.807, 2.05) is 11.0 Å². The Balaban J connectivity index is 1.25. The molecule has 1 fully saturated rings. The van der Waals surface area contributed by atoms with Gasteiger partial charge in [0.05, 0.1) is 18.1 Å². The van der Waals surface area contributed by atoms with E-state index in [4.69, 9.17) is 25.8 Å². The quantitative estimate of drug-likeness (QED) is 0.118. The van der Waals surface area contributed by atoms with Gasteiger partial charge in [-0.3, -0.25) is 10.1 Å². The van der Waals surface area contributed by atoms with Crippen molar-refractivity contribution >= 4 is 63.3 Å². The molecule has 0 bridgehead atoms. The summed E-state index contributed by atoms with van der Waals surface area (Å²) in [7, 11) is 0. The van der Waals surface area contributed by atoms with Crippen molar-refractivity contribution < 1.29 is 18.5 Å². The normalized spacial score (nSPS) is 13.2. The molecule has 0 radical (unpaired) electrons. The van der Waals surface area contributed by atoms with Gasteiger partial charge in [-0.05, 0) is 30.4 Å². The maximum atomic E-state index is 12.5. The fourth-order valence-corrected chi connectivity index (χ4v) is 4.79. The second-order valence-corrected chi connectivity index (χ2v) is 10.0. The lowest BCUT2D eigenvalue weighted by Gasteiger charge is -2.27. The highest BCUT2D eigenvalue weighted by molar-refractivity contribution is 7.98. The van der Waals surface area contributed by atoms with Crippen LogP contribution >= 0.6 is 24.0 Å². The fourth-order valence-electron chi connectivity index (χ4n) is 3.96. The Bertz CT molecular complexity index is 1860. The molecule has 0 aliphatic carbocycles. The van der Waals surface area contributed by atoms with E-state index in [1.165, 1.54) is 18.2 Å². The smallest absolute Gasteiger partial charge is 0.349 e. The lowest BCUT2D eigenvalue weighted by Crippen LogP contribution is -2.37. The number of rotatable bonds is 7. The summed E-state index contributed by atoms with van der Waals surface area (Å²) in [6, 6.07) is 14.6. The summed E-state index contributed by atoms with van der Waals surface area (Å²) in [6.45, 7) is 2.13. The van der Waals surface area contributed by atoms with Gasteiger partial charge >= 0.3 is 5.63 Å². The molecule has 5 aromatic rings. The predicted molar refractivity (Wildman–Crippen MR) is 156 cm³/mol. The number of morpholine rings is 1. The summed E-state index contributed by atoms with van der Waals surface area (Å²) in [5, 5.41) is 26.0. The Morgan fingerprint density at radius 2 is 1.83 bits per heavy atom. The number of non-ortho nitro benzene ring substituents is 1. The van der Waals surface area contributed by atoms with Gasteiger partial charge in [-0.25, -0.2) is 4.79 Å². The van der Waals surface area contributed by atoms with Gasteiger partial charge in [-0.2, -0.15) is 15.0 Å². The number of nitro groups is 1. The van der Waals surface area contributed by atoms with Crippen LogP contribution < -0.4 is 21.2 Å². The highest BCUT2D eigenvalue weighted by atomic mass is 32.2. The van der Waals surface area contributed by atoms with Crippen LogP contribution in [0.25, 0.3) is 22.4 Å². The van der Waals surface area contributed by atoms with Crippen molar-refractivity contribution in [2.45, 2.75) is 10.4 Å². The maximum absolute atomic E-state index is 12.5. The molecule has 42 heavy (non-hydrogen) atoms. The van der Waals surface area contributed by atoms with Crippen LogP contribution in [0.3, 0.4) is 0 Å². The van der Waals surface area contributed by atoms with Crippen molar-refractivity contribution in [2.75, 3.05) is 41.8 Å². The molecule has 2 aromatic carbocycles. The van der Waals surface area contributed by atoms with Gasteiger partial charge in [0, 0.05) is 48.1 Å². The first-order chi connectivity index (χ1) is 20.4. The third kappa shape index (κ3) is 6.17. The van der Waals surface area contributed by atoms with E-state index in [0.717, 1.165) is 11.8 Å². The summed E-state index contributed by atoms with van der Waals surface area (Å²) >= 11 is 6.36. The zero-order valence-electron chi connectivity index (χ0n) is 21.4. The van der Waals surface area contributed by atoms with Crippen LogP contribution in [-0.4, -0.2) is 61.5 Å². The van der Waals surface area contributed by atoms with Gasteiger partial charge < -0.3 is 29.1 Å². The average Bonchev–Trinajstić information content (AvgIpc) is 3.45. The van der Waals surface area contributed by atoms with Crippen LogP contribution in [0.5, 0.6) is 0 Å². The van der Waals surface area contributed by atoms with E-state index in [9.17, 15) is 14.9 Å². The summed E-state index contributed by atoms with van der Waals surface area (Å²) in [4.78, 5) is 38.5. The van der Waals surface area contributed by atoms with Gasteiger partial charge in [0.1, 0.15) is 11.1 Å². The summed E-state index contributed by atoms with van der Waals surface area (Å²) in [5.74, 6) is 0.471. The molecule has 6 rings (SSSR count). The number of hydrogen-bond donors (Lipinski definition) is 2. The number of benzene rings is 2. The summed E-state index contributed by atoms with van der Waals surface area (Å²) in [6.07, 6.45) is 0. The van der Waals surface area contributed by atoms with E-state index >= 15 is 0 Å². The molecule has 0 atom stereocenters. The number of aromatic nitrogens is 5. The molecule has 1 aliphatic heterocycles. The molecule has 4 heterocycles. The van der Waals surface area contributed by atoms with E-state index in [1.54, 1.807) is 30.3 Å². The van der Waals surface area contributed by atoms with Crippen molar-refractivity contribution in [2.24, 2.45) is 0 Å². The number of thiocarbonyl (C=S) groups is 1. The Morgan fingerprint density at radius 3 is 2.67 bits per heavy atom. The van der Waals surface area contributed by atoms with Crippen LogP contribution in [0.1, 0.15) is 0 Å². The molecule has 2 N–H and O–H groups in total. The lowest BCUT2D eigenvalue weighted by molar-refractivity contribution is -0.384. The number of anilines is 3. The number of nitrogens with zero attached hydrogens (tertiary/aromatic N) is 7. The number of hydrogen-bond acceptors (Lipinski definition) is 14. The monoisotopic (exact) mass is 605 g/mol. The minimum Gasteiger partial charge on any atom is -0.422 e. The van der Waals surface area contributed by atoms with Crippen LogP contribution in [-0.2, 0) is 4.74 Å². The molecule has 0 saturated carbocycles. The molecule has 1 saturated heterocycles. The maximum Gasteiger partial charge on any atom is 0.349 e. The third-order valence-corrected chi connectivity index (χ3v) is 6.80. The van der Waals surface area contributed by atoms with Gasteiger partial charge in [-0.1, -0.05) is 24.3 Å². The molecular formula is C25H19N9O6S2. The Morgan fingerprint density at radius 1 is 1.00 bits per heavy atom. The zero-order chi connectivity index (χ0) is 29.1. The molecule has 0 unspecified atom stereocenters. The average molecular weight is 606 g/mol.